The Morgan fingerprint density at radius 3 is 2.65 bits per heavy atom. The lowest BCUT2D eigenvalue weighted by Crippen LogP contribution is -2.07. The number of para-hydroxylation sites is 1. The first-order valence-electron chi connectivity index (χ1n) is 5.96. The Balaban J connectivity index is 2.22. The number of rotatable bonds is 4. The average molecular weight is 293 g/mol. The molecule has 7 heteroatoms. The predicted molar refractivity (Wildman–Crippen MR) is 76.9 cm³/mol. The van der Waals surface area contributed by atoms with Crippen LogP contribution in [0, 0.1) is 24.0 Å². The first kappa shape index (κ1) is 14.2. The molecule has 0 saturated heterocycles. The van der Waals surface area contributed by atoms with Crippen LogP contribution >= 0.6 is 11.6 Å². The van der Waals surface area contributed by atoms with Crippen molar-refractivity contribution < 1.29 is 4.92 Å². The number of nitro benzene ring substituents is 1. The summed E-state index contributed by atoms with van der Waals surface area (Å²) in [6.45, 7) is 4.02. The van der Waals surface area contributed by atoms with Gasteiger partial charge in [0, 0.05) is 18.2 Å². The van der Waals surface area contributed by atoms with Crippen LogP contribution in [0.4, 0.5) is 11.5 Å². The molecule has 1 aromatic carbocycles. The van der Waals surface area contributed by atoms with Gasteiger partial charge in [0.1, 0.15) is 0 Å². The van der Waals surface area contributed by atoms with Crippen LogP contribution in [0.3, 0.4) is 0 Å². The maximum Gasteiger partial charge on any atom is 0.274 e. The van der Waals surface area contributed by atoms with Crippen LogP contribution in [-0.4, -0.2) is 15.1 Å². The summed E-state index contributed by atoms with van der Waals surface area (Å²) in [6, 6.07) is 6.58. The zero-order valence-corrected chi connectivity index (χ0v) is 11.8. The fraction of sp³-hybridized carbons (Fsp3) is 0.231. The summed E-state index contributed by atoms with van der Waals surface area (Å²) < 4.78 is 0. The SMILES string of the molecule is Cc1c(Cl)nnc(NCc2ccccc2[N+](=O)[O-])c1C. The minimum absolute atomic E-state index is 0.0799. The molecule has 0 bridgehead atoms. The number of hydrogen-bond acceptors (Lipinski definition) is 5. The zero-order valence-electron chi connectivity index (χ0n) is 11.1. The van der Waals surface area contributed by atoms with Crippen LogP contribution in [0.2, 0.25) is 5.15 Å². The first-order chi connectivity index (χ1) is 9.50. The third-order valence-corrected chi connectivity index (χ3v) is 3.46. The molecule has 0 spiro atoms. The number of anilines is 1. The van der Waals surface area contributed by atoms with Crippen molar-refractivity contribution in [3.05, 3.63) is 56.2 Å². The molecule has 6 nitrogen and oxygen atoms in total. The lowest BCUT2D eigenvalue weighted by atomic mass is 10.1. The first-order valence-corrected chi connectivity index (χ1v) is 6.34. The van der Waals surface area contributed by atoms with Gasteiger partial charge in [-0.3, -0.25) is 10.1 Å². The largest absolute Gasteiger partial charge is 0.364 e. The number of nitrogens with one attached hydrogen (secondary N) is 1. The van der Waals surface area contributed by atoms with E-state index < -0.39 is 4.92 Å². The Morgan fingerprint density at radius 2 is 1.95 bits per heavy atom. The smallest absolute Gasteiger partial charge is 0.274 e. The molecule has 20 heavy (non-hydrogen) atoms. The molecular formula is C13H13ClN4O2. The Morgan fingerprint density at radius 1 is 1.25 bits per heavy atom. The lowest BCUT2D eigenvalue weighted by Gasteiger charge is -2.10. The minimum atomic E-state index is -0.400. The molecule has 2 aromatic rings. The standard InChI is InChI=1S/C13H13ClN4O2/c1-8-9(2)13(17-16-12(8)14)15-7-10-5-3-4-6-11(10)18(19)20/h3-6H,7H2,1-2H3,(H,15,17). The summed E-state index contributed by atoms with van der Waals surface area (Å²) in [5.74, 6) is 0.574. The average Bonchev–Trinajstić information content (AvgIpc) is 2.44. The minimum Gasteiger partial charge on any atom is -0.364 e. The lowest BCUT2D eigenvalue weighted by molar-refractivity contribution is -0.385. The van der Waals surface area contributed by atoms with E-state index in [4.69, 9.17) is 11.6 Å². The molecule has 0 unspecified atom stereocenters. The van der Waals surface area contributed by atoms with E-state index in [0.29, 0.717) is 23.1 Å². The highest BCUT2D eigenvalue weighted by Crippen LogP contribution is 2.23. The van der Waals surface area contributed by atoms with E-state index in [-0.39, 0.29) is 5.69 Å². The molecule has 1 N–H and O–H groups in total. The van der Waals surface area contributed by atoms with Crippen molar-refractivity contribution in [2.24, 2.45) is 0 Å². The third kappa shape index (κ3) is 2.85. The summed E-state index contributed by atoms with van der Waals surface area (Å²) >= 11 is 5.88. The van der Waals surface area contributed by atoms with Crippen LogP contribution in [0.25, 0.3) is 0 Å². The maximum atomic E-state index is 10.9. The van der Waals surface area contributed by atoms with Crippen molar-refractivity contribution in [1.29, 1.82) is 0 Å². The van der Waals surface area contributed by atoms with Crippen LogP contribution in [0.15, 0.2) is 24.3 Å². The molecule has 0 amide bonds. The highest BCUT2D eigenvalue weighted by molar-refractivity contribution is 6.30. The molecule has 0 aliphatic rings. The molecule has 1 aromatic heterocycles. The van der Waals surface area contributed by atoms with Gasteiger partial charge < -0.3 is 5.32 Å². The normalized spacial score (nSPS) is 10.3. The molecule has 104 valence electrons. The number of benzene rings is 1. The van der Waals surface area contributed by atoms with E-state index in [0.717, 1.165) is 11.1 Å². The van der Waals surface area contributed by atoms with Crippen LogP contribution in [0.5, 0.6) is 0 Å². The van der Waals surface area contributed by atoms with E-state index >= 15 is 0 Å². The fourth-order valence-electron chi connectivity index (χ4n) is 1.76. The Labute approximate surface area is 120 Å². The van der Waals surface area contributed by atoms with E-state index in [1.54, 1.807) is 18.2 Å². The van der Waals surface area contributed by atoms with Gasteiger partial charge in [0.25, 0.3) is 5.69 Å². The topological polar surface area (TPSA) is 81.0 Å². The maximum absolute atomic E-state index is 10.9. The number of aromatic nitrogens is 2. The van der Waals surface area contributed by atoms with Crippen molar-refractivity contribution >= 4 is 23.1 Å². The molecule has 0 fully saturated rings. The van der Waals surface area contributed by atoms with E-state index in [1.165, 1.54) is 6.07 Å². The van der Waals surface area contributed by atoms with Gasteiger partial charge in [-0.1, -0.05) is 29.8 Å². The van der Waals surface area contributed by atoms with Crippen molar-refractivity contribution in [2.45, 2.75) is 20.4 Å². The molecule has 0 radical (unpaired) electrons. The van der Waals surface area contributed by atoms with Gasteiger partial charge in [-0.15, -0.1) is 10.2 Å². The van der Waals surface area contributed by atoms with E-state index in [2.05, 4.69) is 15.5 Å². The number of hydrogen-bond donors (Lipinski definition) is 1. The number of nitrogens with zero attached hydrogens (tertiary/aromatic N) is 3. The van der Waals surface area contributed by atoms with Crippen molar-refractivity contribution in [1.82, 2.24) is 10.2 Å². The highest BCUT2D eigenvalue weighted by Gasteiger charge is 2.13. The van der Waals surface area contributed by atoms with Gasteiger partial charge in [-0.05, 0) is 25.0 Å². The molecule has 2 rings (SSSR count). The van der Waals surface area contributed by atoms with Gasteiger partial charge in [0.15, 0.2) is 11.0 Å². The summed E-state index contributed by atoms with van der Waals surface area (Å²) in [5, 5.41) is 22.1. The second kappa shape index (κ2) is 5.83. The predicted octanol–water partition coefficient (Wildman–Crippen LogP) is 3.27. The van der Waals surface area contributed by atoms with Crippen LogP contribution < -0.4 is 5.32 Å². The van der Waals surface area contributed by atoms with E-state index in [1.807, 2.05) is 13.8 Å². The summed E-state index contributed by atoms with van der Waals surface area (Å²) in [4.78, 5) is 10.5. The Kier molecular flexibility index (Phi) is 4.14. The van der Waals surface area contributed by atoms with Gasteiger partial charge >= 0.3 is 0 Å². The second-order valence-corrected chi connectivity index (χ2v) is 4.69. The summed E-state index contributed by atoms with van der Waals surface area (Å²) in [5.41, 5.74) is 2.39. The van der Waals surface area contributed by atoms with Crippen LogP contribution in [0.1, 0.15) is 16.7 Å². The highest BCUT2D eigenvalue weighted by atomic mass is 35.5. The Hall–Kier alpha value is -2.21. The Bertz CT molecular complexity index is 661. The molecule has 0 atom stereocenters. The van der Waals surface area contributed by atoms with Gasteiger partial charge in [-0.25, -0.2) is 0 Å². The number of nitro groups is 1. The fourth-order valence-corrected chi connectivity index (χ4v) is 1.94. The second-order valence-electron chi connectivity index (χ2n) is 4.33. The van der Waals surface area contributed by atoms with E-state index in [9.17, 15) is 10.1 Å². The van der Waals surface area contributed by atoms with Crippen molar-refractivity contribution in [3.63, 3.8) is 0 Å². The van der Waals surface area contributed by atoms with Gasteiger partial charge in [0.05, 0.1) is 4.92 Å². The summed E-state index contributed by atoms with van der Waals surface area (Å²) in [6.07, 6.45) is 0. The molecule has 0 aliphatic heterocycles. The van der Waals surface area contributed by atoms with Gasteiger partial charge in [-0.2, -0.15) is 0 Å². The van der Waals surface area contributed by atoms with Gasteiger partial charge in [0.2, 0.25) is 0 Å². The molecule has 0 saturated carbocycles. The molecular weight excluding hydrogens is 280 g/mol. The third-order valence-electron chi connectivity index (χ3n) is 3.10. The van der Waals surface area contributed by atoms with Crippen molar-refractivity contribution in [2.75, 3.05) is 5.32 Å². The zero-order chi connectivity index (χ0) is 14.7. The number of halogens is 1. The molecule has 0 aliphatic carbocycles. The monoisotopic (exact) mass is 292 g/mol. The van der Waals surface area contributed by atoms with Crippen LogP contribution in [-0.2, 0) is 6.54 Å². The molecule has 1 heterocycles. The quantitative estimate of drug-likeness (QED) is 0.691. The summed E-state index contributed by atoms with van der Waals surface area (Å²) in [7, 11) is 0. The van der Waals surface area contributed by atoms with Crippen molar-refractivity contribution in [3.8, 4) is 0 Å².